The summed E-state index contributed by atoms with van der Waals surface area (Å²) < 4.78 is 1.82. The van der Waals surface area contributed by atoms with Crippen molar-refractivity contribution in [2.24, 2.45) is 0 Å². The maximum absolute atomic E-state index is 12.8. The Morgan fingerprint density at radius 2 is 2.15 bits per heavy atom. The van der Waals surface area contributed by atoms with Crippen molar-refractivity contribution in [3.63, 3.8) is 0 Å². The molecule has 1 fully saturated rings. The molecule has 0 aromatic carbocycles. The van der Waals surface area contributed by atoms with E-state index in [0.29, 0.717) is 24.2 Å². The van der Waals surface area contributed by atoms with Gasteiger partial charge < -0.3 is 4.90 Å². The number of rotatable bonds is 6. The van der Waals surface area contributed by atoms with E-state index in [4.69, 9.17) is 11.6 Å². The van der Waals surface area contributed by atoms with E-state index < -0.39 is 0 Å². The van der Waals surface area contributed by atoms with Crippen molar-refractivity contribution in [1.29, 1.82) is 0 Å². The highest BCUT2D eigenvalue weighted by Crippen LogP contribution is 2.25. The van der Waals surface area contributed by atoms with Gasteiger partial charge in [0.2, 0.25) is 0 Å². The minimum atomic E-state index is 0.0894. The minimum absolute atomic E-state index is 0.0894. The SMILES string of the molecule is CCc1cc(C(=O)N(CCCl)C2CCCC2)n(CC)n1. The van der Waals surface area contributed by atoms with Gasteiger partial charge in [0.15, 0.2) is 0 Å². The third-order valence-corrected chi connectivity index (χ3v) is 4.23. The molecule has 1 saturated carbocycles. The third-order valence-electron chi connectivity index (χ3n) is 4.06. The fourth-order valence-electron chi connectivity index (χ4n) is 2.96. The van der Waals surface area contributed by atoms with Crippen molar-refractivity contribution in [1.82, 2.24) is 14.7 Å². The van der Waals surface area contributed by atoms with Gasteiger partial charge in [-0.05, 0) is 32.3 Å². The molecular weight excluding hydrogens is 274 g/mol. The van der Waals surface area contributed by atoms with Gasteiger partial charge in [-0.2, -0.15) is 5.10 Å². The Labute approximate surface area is 126 Å². The van der Waals surface area contributed by atoms with Gasteiger partial charge in [-0.15, -0.1) is 11.6 Å². The number of carbonyl (C=O) groups is 1. The Hall–Kier alpha value is -1.03. The number of aryl methyl sites for hydroxylation is 2. The van der Waals surface area contributed by atoms with Gasteiger partial charge in [0.1, 0.15) is 5.69 Å². The van der Waals surface area contributed by atoms with Crippen LogP contribution in [0.4, 0.5) is 0 Å². The fraction of sp³-hybridized carbons (Fsp3) is 0.733. The number of alkyl halides is 1. The predicted molar refractivity (Wildman–Crippen MR) is 81.3 cm³/mol. The summed E-state index contributed by atoms with van der Waals surface area (Å²) in [5, 5.41) is 4.47. The van der Waals surface area contributed by atoms with Crippen LogP contribution in [-0.2, 0) is 13.0 Å². The van der Waals surface area contributed by atoms with Crippen molar-refractivity contribution in [3.05, 3.63) is 17.5 Å². The van der Waals surface area contributed by atoms with Gasteiger partial charge in [-0.25, -0.2) is 0 Å². The molecule has 1 amide bonds. The Morgan fingerprint density at radius 1 is 1.45 bits per heavy atom. The second kappa shape index (κ2) is 7.11. The zero-order valence-corrected chi connectivity index (χ0v) is 13.2. The van der Waals surface area contributed by atoms with Gasteiger partial charge in [0.25, 0.3) is 5.91 Å². The standard InChI is InChI=1S/C15H24ClN3O/c1-3-12-11-14(19(4-2)17-12)15(20)18(10-9-16)13-7-5-6-8-13/h11,13H,3-10H2,1-2H3. The van der Waals surface area contributed by atoms with Crippen LogP contribution in [0.3, 0.4) is 0 Å². The van der Waals surface area contributed by atoms with Gasteiger partial charge in [-0.1, -0.05) is 19.8 Å². The molecule has 20 heavy (non-hydrogen) atoms. The van der Waals surface area contributed by atoms with Crippen LogP contribution in [0.5, 0.6) is 0 Å². The average Bonchev–Trinajstić information content (AvgIpc) is 3.12. The molecule has 5 heteroatoms. The summed E-state index contributed by atoms with van der Waals surface area (Å²) in [6, 6.07) is 2.29. The van der Waals surface area contributed by atoms with E-state index >= 15 is 0 Å². The number of aromatic nitrogens is 2. The molecule has 0 saturated heterocycles. The number of amides is 1. The van der Waals surface area contributed by atoms with E-state index in [1.807, 2.05) is 22.6 Å². The van der Waals surface area contributed by atoms with E-state index in [9.17, 15) is 4.79 Å². The quantitative estimate of drug-likeness (QED) is 0.757. The first-order valence-electron chi connectivity index (χ1n) is 7.64. The molecular formula is C15H24ClN3O. The highest BCUT2D eigenvalue weighted by molar-refractivity contribution is 6.18. The average molecular weight is 298 g/mol. The summed E-state index contributed by atoms with van der Waals surface area (Å²) in [6.07, 6.45) is 5.48. The fourth-order valence-corrected chi connectivity index (χ4v) is 3.14. The van der Waals surface area contributed by atoms with Crippen molar-refractivity contribution >= 4 is 17.5 Å². The second-order valence-electron chi connectivity index (χ2n) is 5.32. The summed E-state index contributed by atoms with van der Waals surface area (Å²) in [5.41, 5.74) is 1.69. The first-order valence-corrected chi connectivity index (χ1v) is 8.18. The van der Waals surface area contributed by atoms with Crippen LogP contribution >= 0.6 is 11.6 Å². The first kappa shape index (κ1) is 15.4. The van der Waals surface area contributed by atoms with Gasteiger partial charge in [0.05, 0.1) is 5.69 Å². The smallest absolute Gasteiger partial charge is 0.272 e. The van der Waals surface area contributed by atoms with Crippen molar-refractivity contribution in [2.75, 3.05) is 12.4 Å². The molecule has 1 aliphatic rings. The van der Waals surface area contributed by atoms with Crippen molar-refractivity contribution in [2.45, 2.75) is 58.5 Å². The normalized spacial score (nSPS) is 15.8. The van der Waals surface area contributed by atoms with Gasteiger partial charge in [-0.3, -0.25) is 9.48 Å². The largest absolute Gasteiger partial charge is 0.333 e. The van der Waals surface area contributed by atoms with E-state index in [1.165, 1.54) is 12.8 Å². The van der Waals surface area contributed by atoms with Gasteiger partial charge >= 0.3 is 0 Å². The first-order chi connectivity index (χ1) is 9.71. The Kier molecular flexibility index (Phi) is 5.46. The van der Waals surface area contributed by atoms with Crippen LogP contribution < -0.4 is 0 Å². The van der Waals surface area contributed by atoms with Crippen LogP contribution in [-0.4, -0.2) is 39.1 Å². The third kappa shape index (κ3) is 3.17. The molecule has 1 aromatic rings. The topological polar surface area (TPSA) is 38.1 Å². The highest BCUT2D eigenvalue weighted by Gasteiger charge is 2.28. The van der Waals surface area contributed by atoms with Crippen molar-refractivity contribution < 1.29 is 4.79 Å². The second-order valence-corrected chi connectivity index (χ2v) is 5.69. The molecule has 0 radical (unpaired) electrons. The molecule has 0 N–H and O–H groups in total. The highest BCUT2D eigenvalue weighted by atomic mass is 35.5. The Morgan fingerprint density at radius 3 is 2.70 bits per heavy atom. The van der Waals surface area contributed by atoms with Crippen LogP contribution in [0.15, 0.2) is 6.07 Å². The zero-order chi connectivity index (χ0) is 14.5. The molecule has 0 bridgehead atoms. The molecule has 4 nitrogen and oxygen atoms in total. The van der Waals surface area contributed by atoms with E-state index in [-0.39, 0.29) is 5.91 Å². The Balaban J connectivity index is 2.23. The predicted octanol–water partition coefficient (Wildman–Crippen LogP) is 3.09. The number of carbonyl (C=O) groups excluding carboxylic acids is 1. The summed E-state index contributed by atoms with van der Waals surface area (Å²) >= 11 is 5.90. The lowest BCUT2D eigenvalue weighted by Crippen LogP contribution is -2.41. The molecule has 0 atom stereocenters. The minimum Gasteiger partial charge on any atom is -0.333 e. The summed E-state index contributed by atoms with van der Waals surface area (Å²) in [7, 11) is 0. The molecule has 0 spiro atoms. The summed E-state index contributed by atoms with van der Waals surface area (Å²) in [4.78, 5) is 14.8. The molecule has 1 aromatic heterocycles. The number of halogens is 1. The lowest BCUT2D eigenvalue weighted by molar-refractivity contribution is 0.0682. The molecule has 2 rings (SSSR count). The number of hydrogen-bond acceptors (Lipinski definition) is 2. The summed E-state index contributed by atoms with van der Waals surface area (Å²) in [5.74, 6) is 0.579. The van der Waals surface area contributed by atoms with E-state index in [2.05, 4.69) is 12.0 Å². The maximum Gasteiger partial charge on any atom is 0.272 e. The van der Waals surface area contributed by atoms with E-state index in [0.717, 1.165) is 31.5 Å². The lowest BCUT2D eigenvalue weighted by atomic mass is 10.2. The molecule has 0 unspecified atom stereocenters. The van der Waals surface area contributed by atoms with Crippen LogP contribution in [0, 0.1) is 0 Å². The van der Waals surface area contributed by atoms with Crippen molar-refractivity contribution in [3.8, 4) is 0 Å². The monoisotopic (exact) mass is 297 g/mol. The van der Waals surface area contributed by atoms with Crippen LogP contribution in [0.2, 0.25) is 0 Å². The summed E-state index contributed by atoms with van der Waals surface area (Å²) in [6.45, 7) is 5.43. The zero-order valence-electron chi connectivity index (χ0n) is 12.4. The van der Waals surface area contributed by atoms with Crippen LogP contribution in [0.1, 0.15) is 55.7 Å². The van der Waals surface area contributed by atoms with Gasteiger partial charge in [0, 0.05) is 25.0 Å². The maximum atomic E-state index is 12.8. The molecule has 112 valence electrons. The number of hydrogen-bond donors (Lipinski definition) is 0. The van der Waals surface area contributed by atoms with E-state index in [1.54, 1.807) is 0 Å². The molecule has 0 aliphatic heterocycles. The Bertz CT molecular complexity index is 452. The van der Waals surface area contributed by atoms with Crippen LogP contribution in [0.25, 0.3) is 0 Å². The molecule has 1 aliphatic carbocycles. The molecule has 1 heterocycles. The lowest BCUT2D eigenvalue weighted by Gasteiger charge is -2.28. The number of nitrogens with zero attached hydrogens (tertiary/aromatic N) is 3.